The molecule has 0 fully saturated rings. The largest absolute Gasteiger partial charge is 0.399 e. The van der Waals surface area contributed by atoms with E-state index in [0.29, 0.717) is 29.8 Å². The summed E-state index contributed by atoms with van der Waals surface area (Å²) in [5, 5.41) is 2.86. The predicted octanol–water partition coefficient (Wildman–Crippen LogP) is 4.12. The van der Waals surface area contributed by atoms with Crippen LogP contribution in [-0.4, -0.2) is 18.9 Å². The zero-order valence-corrected chi connectivity index (χ0v) is 15.8. The van der Waals surface area contributed by atoms with Crippen molar-refractivity contribution in [3.63, 3.8) is 0 Å². The third-order valence-corrected chi connectivity index (χ3v) is 4.43. The molecule has 0 heterocycles. The van der Waals surface area contributed by atoms with E-state index in [1.165, 1.54) is 0 Å². The van der Waals surface area contributed by atoms with Crippen LogP contribution in [0.15, 0.2) is 78.9 Å². The summed E-state index contributed by atoms with van der Waals surface area (Å²) >= 11 is 0. The lowest BCUT2D eigenvalue weighted by molar-refractivity contribution is -0.116. The minimum absolute atomic E-state index is 0.108. The zero-order chi connectivity index (χ0) is 19.9. The molecule has 142 valence electrons. The summed E-state index contributed by atoms with van der Waals surface area (Å²) < 4.78 is 0. The van der Waals surface area contributed by atoms with Crippen LogP contribution in [0.1, 0.15) is 22.3 Å². The molecule has 0 atom stereocenters. The molecule has 3 aromatic carbocycles. The van der Waals surface area contributed by atoms with Gasteiger partial charge in [0.2, 0.25) is 5.91 Å². The first kappa shape index (κ1) is 19.2. The summed E-state index contributed by atoms with van der Waals surface area (Å²) in [5.74, 6) is -0.245. The van der Waals surface area contributed by atoms with Gasteiger partial charge in [0, 0.05) is 36.1 Å². The second-order valence-electron chi connectivity index (χ2n) is 6.57. The monoisotopic (exact) mass is 373 g/mol. The van der Waals surface area contributed by atoms with Crippen LogP contribution in [0, 0.1) is 0 Å². The number of benzene rings is 3. The predicted molar refractivity (Wildman–Crippen MR) is 113 cm³/mol. The van der Waals surface area contributed by atoms with Gasteiger partial charge in [0.05, 0.1) is 0 Å². The fourth-order valence-corrected chi connectivity index (χ4v) is 2.92. The van der Waals surface area contributed by atoms with E-state index >= 15 is 0 Å². The minimum Gasteiger partial charge on any atom is -0.399 e. The Morgan fingerprint density at radius 3 is 2.43 bits per heavy atom. The number of aryl methyl sites for hydroxylation is 1. The molecule has 0 spiro atoms. The Morgan fingerprint density at radius 1 is 0.929 bits per heavy atom. The number of anilines is 3. The molecule has 5 nitrogen and oxygen atoms in total. The number of hydrogen-bond acceptors (Lipinski definition) is 3. The van der Waals surface area contributed by atoms with E-state index in [1.807, 2.05) is 54.6 Å². The molecule has 5 heteroatoms. The summed E-state index contributed by atoms with van der Waals surface area (Å²) in [6.07, 6.45) is 0.942. The van der Waals surface area contributed by atoms with Crippen molar-refractivity contribution in [2.24, 2.45) is 0 Å². The highest BCUT2D eigenvalue weighted by Crippen LogP contribution is 2.18. The van der Waals surface area contributed by atoms with Crippen LogP contribution in [0.2, 0.25) is 0 Å². The van der Waals surface area contributed by atoms with Gasteiger partial charge >= 0.3 is 0 Å². The van der Waals surface area contributed by atoms with Gasteiger partial charge in [-0.25, -0.2) is 0 Å². The van der Waals surface area contributed by atoms with E-state index in [1.54, 1.807) is 36.2 Å². The number of nitrogens with one attached hydrogen (secondary N) is 1. The molecule has 0 radical (unpaired) electrons. The van der Waals surface area contributed by atoms with Crippen LogP contribution < -0.4 is 16.0 Å². The van der Waals surface area contributed by atoms with Gasteiger partial charge in [-0.2, -0.15) is 0 Å². The highest BCUT2D eigenvalue weighted by molar-refractivity contribution is 6.06. The lowest BCUT2D eigenvalue weighted by Gasteiger charge is -2.17. The Kier molecular flexibility index (Phi) is 6.07. The van der Waals surface area contributed by atoms with Crippen LogP contribution in [0.4, 0.5) is 17.1 Å². The molecule has 0 saturated carbocycles. The molecule has 2 amide bonds. The Labute approximate surface area is 164 Å². The van der Waals surface area contributed by atoms with Crippen molar-refractivity contribution in [3.05, 3.63) is 90.0 Å². The number of nitrogens with zero attached hydrogens (tertiary/aromatic N) is 1. The third-order valence-electron chi connectivity index (χ3n) is 4.43. The first-order chi connectivity index (χ1) is 13.5. The van der Waals surface area contributed by atoms with Crippen molar-refractivity contribution in [3.8, 4) is 0 Å². The molecule has 0 saturated heterocycles. The Morgan fingerprint density at radius 2 is 1.68 bits per heavy atom. The highest BCUT2D eigenvalue weighted by Gasteiger charge is 2.14. The number of hydrogen-bond donors (Lipinski definition) is 2. The number of rotatable bonds is 6. The van der Waals surface area contributed by atoms with Crippen molar-refractivity contribution in [2.75, 3.05) is 23.0 Å². The van der Waals surface area contributed by atoms with Crippen LogP contribution in [0.5, 0.6) is 0 Å². The molecule has 0 bridgehead atoms. The smallest absolute Gasteiger partial charge is 0.258 e. The van der Waals surface area contributed by atoms with E-state index in [2.05, 4.69) is 5.32 Å². The van der Waals surface area contributed by atoms with Gasteiger partial charge in [-0.1, -0.05) is 36.4 Å². The van der Waals surface area contributed by atoms with E-state index in [0.717, 1.165) is 11.3 Å². The Bertz CT molecular complexity index is 970. The van der Waals surface area contributed by atoms with Crippen molar-refractivity contribution in [1.29, 1.82) is 0 Å². The number of amides is 2. The molecule has 0 aliphatic carbocycles. The van der Waals surface area contributed by atoms with E-state index in [9.17, 15) is 9.59 Å². The van der Waals surface area contributed by atoms with Crippen LogP contribution >= 0.6 is 0 Å². The summed E-state index contributed by atoms with van der Waals surface area (Å²) in [5.41, 5.74) is 9.39. The Balaban J connectivity index is 1.62. The molecular weight excluding hydrogens is 350 g/mol. The molecular formula is C23H23N3O2. The quantitative estimate of drug-likeness (QED) is 0.638. The van der Waals surface area contributed by atoms with E-state index in [-0.39, 0.29) is 11.8 Å². The lowest BCUT2D eigenvalue weighted by Crippen LogP contribution is -2.26. The number of nitrogens with two attached hydrogens (primary N) is 1. The number of carbonyl (C=O) groups is 2. The van der Waals surface area contributed by atoms with Crippen LogP contribution in [0.25, 0.3) is 0 Å². The van der Waals surface area contributed by atoms with Gasteiger partial charge in [0.1, 0.15) is 0 Å². The van der Waals surface area contributed by atoms with Crippen molar-refractivity contribution < 1.29 is 9.59 Å². The van der Waals surface area contributed by atoms with Crippen LogP contribution in [-0.2, 0) is 11.2 Å². The maximum Gasteiger partial charge on any atom is 0.258 e. The van der Waals surface area contributed by atoms with Crippen molar-refractivity contribution in [1.82, 2.24) is 0 Å². The van der Waals surface area contributed by atoms with Gasteiger partial charge in [-0.3, -0.25) is 9.59 Å². The Hall–Kier alpha value is -3.60. The SMILES string of the molecule is CN(C(=O)c1cccc(NC(=O)CCc2cccc(N)c2)c1)c1ccccc1. The molecule has 0 unspecified atom stereocenters. The van der Waals surface area contributed by atoms with Gasteiger partial charge in [-0.05, 0) is 54.4 Å². The normalized spacial score (nSPS) is 10.3. The number of para-hydroxylation sites is 1. The maximum atomic E-state index is 12.7. The van der Waals surface area contributed by atoms with Crippen molar-refractivity contribution in [2.45, 2.75) is 12.8 Å². The summed E-state index contributed by atoms with van der Waals surface area (Å²) in [6.45, 7) is 0. The molecule has 0 aromatic heterocycles. The van der Waals surface area contributed by atoms with Crippen molar-refractivity contribution >= 4 is 28.9 Å². The van der Waals surface area contributed by atoms with E-state index < -0.39 is 0 Å². The molecule has 0 aliphatic rings. The van der Waals surface area contributed by atoms with Gasteiger partial charge in [-0.15, -0.1) is 0 Å². The number of nitrogen functional groups attached to an aromatic ring is 1. The topological polar surface area (TPSA) is 75.4 Å². The summed E-state index contributed by atoms with van der Waals surface area (Å²) in [4.78, 5) is 26.6. The summed E-state index contributed by atoms with van der Waals surface area (Å²) in [6, 6.07) is 23.9. The fourth-order valence-electron chi connectivity index (χ4n) is 2.92. The average molecular weight is 373 g/mol. The lowest BCUT2D eigenvalue weighted by atomic mass is 10.1. The summed E-state index contributed by atoms with van der Waals surface area (Å²) in [7, 11) is 1.73. The first-order valence-electron chi connectivity index (χ1n) is 9.10. The molecule has 3 rings (SSSR count). The fraction of sp³-hybridized carbons (Fsp3) is 0.130. The van der Waals surface area contributed by atoms with E-state index in [4.69, 9.17) is 5.73 Å². The van der Waals surface area contributed by atoms with Gasteiger partial charge in [0.15, 0.2) is 0 Å². The molecule has 0 aliphatic heterocycles. The minimum atomic E-state index is -0.137. The maximum absolute atomic E-state index is 12.7. The standard InChI is InChI=1S/C23H23N3O2/c1-26(21-11-3-2-4-12-21)23(28)18-8-6-10-20(16-18)25-22(27)14-13-17-7-5-9-19(24)15-17/h2-12,15-16H,13-14,24H2,1H3,(H,25,27). The van der Waals surface area contributed by atoms with Gasteiger partial charge < -0.3 is 16.0 Å². The second-order valence-corrected chi connectivity index (χ2v) is 6.57. The molecule has 28 heavy (non-hydrogen) atoms. The first-order valence-corrected chi connectivity index (χ1v) is 9.10. The zero-order valence-electron chi connectivity index (χ0n) is 15.8. The average Bonchev–Trinajstić information content (AvgIpc) is 2.72. The highest BCUT2D eigenvalue weighted by atomic mass is 16.2. The van der Waals surface area contributed by atoms with Crippen LogP contribution in [0.3, 0.4) is 0 Å². The second kappa shape index (κ2) is 8.86. The third kappa shape index (κ3) is 4.98. The molecule has 3 aromatic rings. The number of carbonyl (C=O) groups excluding carboxylic acids is 2. The molecule has 3 N–H and O–H groups in total. The van der Waals surface area contributed by atoms with Gasteiger partial charge in [0.25, 0.3) is 5.91 Å².